The maximum Gasteiger partial charge on any atom is 0.321 e. The molecule has 0 aliphatic carbocycles. The van der Waals surface area contributed by atoms with E-state index in [1.807, 2.05) is 29.2 Å². The zero-order valence-electron chi connectivity index (χ0n) is 22.6. The maximum absolute atomic E-state index is 13.5. The van der Waals surface area contributed by atoms with Gasteiger partial charge >= 0.3 is 6.03 Å². The molecule has 5 heteroatoms. The molecule has 196 valence electrons. The third-order valence-electron chi connectivity index (χ3n) is 7.38. The van der Waals surface area contributed by atoms with Crippen LogP contribution in [0.4, 0.5) is 10.5 Å². The van der Waals surface area contributed by atoms with E-state index in [1.165, 1.54) is 16.7 Å². The van der Waals surface area contributed by atoms with Gasteiger partial charge in [0.05, 0.1) is 0 Å². The minimum Gasteiger partial charge on any atom is -0.324 e. The van der Waals surface area contributed by atoms with Gasteiger partial charge in [0.2, 0.25) is 0 Å². The molecule has 1 heterocycles. The zero-order valence-corrected chi connectivity index (χ0v) is 22.6. The van der Waals surface area contributed by atoms with Crippen molar-refractivity contribution in [1.29, 1.82) is 0 Å². The van der Waals surface area contributed by atoms with Crippen LogP contribution in [0.15, 0.2) is 84.9 Å². The van der Waals surface area contributed by atoms with Crippen LogP contribution in [0.5, 0.6) is 0 Å². The number of benzene rings is 3. The van der Waals surface area contributed by atoms with E-state index in [2.05, 4.69) is 96.7 Å². The van der Waals surface area contributed by atoms with Crippen molar-refractivity contribution in [2.24, 2.45) is 5.92 Å². The second kappa shape index (κ2) is 13.4. The second-order valence-corrected chi connectivity index (χ2v) is 10.6. The molecule has 1 N–H and O–H groups in total. The first-order valence-corrected chi connectivity index (χ1v) is 13.6. The number of hydrogen-bond acceptors (Lipinski definition) is 3. The smallest absolute Gasteiger partial charge is 0.321 e. The Morgan fingerprint density at radius 2 is 1.43 bits per heavy atom. The molecule has 1 unspecified atom stereocenters. The minimum absolute atomic E-state index is 0.0195. The molecular formula is C32H42N4O. The van der Waals surface area contributed by atoms with Crippen molar-refractivity contribution in [3.8, 4) is 0 Å². The number of likely N-dealkylation sites (N-methyl/N-ethyl adjacent to an activating group) is 1. The molecule has 1 saturated heterocycles. The predicted molar refractivity (Wildman–Crippen MR) is 154 cm³/mol. The van der Waals surface area contributed by atoms with Crippen LogP contribution in [0.3, 0.4) is 0 Å². The zero-order chi connectivity index (χ0) is 26.0. The van der Waals surface area contributed by atoms with E-state index < -0.39 is 0 Å². The standard InChI is InChI=1S/C32H42N4O/c1-26-14-16-30(17-15-26)33-32(37)36(25-27(2)24-35-22-20-34(3)21-23-35)19-18-31(28-10-6-4-7-11-28)29-12-8-5-9-13-29/h4-17,27,31H,18-25H2,1-3H3,(H,33,37). The van der Waals surface area contributed by atoms with Crippen LogP contribution in [-0.4, -0.2) is 73.6 Å². The summed E-state index contributed by atoms with van der Waals surface area (Å²) in [7, 11) is 2.19. The number of piperazine rings is 1. The SMILES string of the molecule is Cc1ccc(NC(=O)N(CCC(c2ccccc2)c2ccccc2)CC(C)CN2CCN(C)CC2)cc1. The second-order valence-electron chi connectivity index (χ2n) is 10.6. The first kappa shape index (κ1) is 26.9. The Kier molecular flexibility index (Phi) is 9.75. The van der Waals surface area contributed by atoms with Gasteiger partial charge in [-0.1, -0.05) is 85.3 Å². The van der Waals surface area contributed by atoms with Crippen LogP contribution in [-0.2, 0) is 0 Å². The Balaban J connectivity index is 1.47. The van der Waals surface area contributed by atoms with Crippen LogP contribution in [0.25, 0.3) is 0 Å². The van der Waals surface area contributed by atoms with Gasteiger partial charge in [0.25, 0.3) is 0 Å². The molecule has 3 aromatic rings. The van der Waals surface area contributed by atoms with Gasteiger partial charge in [-0.2, -0.15) is 0 Å². The summed E-state index contributed by atoms with van der Waals surface area (Å²) < 4.78 is 0. The van der Waals surface area contributed by atoms with E-state index in [0.29, 0.717) is 12.5 Å². The third kappa shape index (κ3) is 8.17. The van der Waals surface area contributed by atoms with Crippen molar-refractivity contribution in [2.75, 3.05) is 58.2 Å². The Morgan fingerprint density at radius 3 is 2.00 bits per heavy atom. The monoisotopic (exact) mass is 498 g/mol. The normalized spacial score (nSPS) is 15.5. The van der Waals surface area contributed by atoms with Gasteiger partial charge in [0.15, 0.2) is 0 Å². The molecule has 0 radical (unpaired) electrons. The quantitative estimate of drug-likeness (QED) is 0.376. The van der Waals surface area contributed by atoms with Crippen molar-refractivity contribution in [2.45, 2.75) is 26.2 Å². The fraction of sp³-hybridized carbons (Fsp3) is 0.406. The summed E-state index contributed by atoms with van der Waals surface area (Å²) in [5, 5.41) is 3.15. The average Bonchev–Trinajstić information content (AvgIpc) is 2.92. The molecule has 37 heavy (non-hydrogen) atoms. The van der Waals surface area contributed by atoms with E-state index >= 15 is 0 Å². The van der Waals surface area contributed by atoms with Crippen molar-refractivity contribution in [1.82, 2.24) is 14.7 Å². The Morgan fingerprint density at radius 1 is 0.865 bits per heavy atom. The summed E-state index contributed by atoms with van der Waals surface area (Å²) in [4.78, 5) is 20.5. The number of amides is 2. The molecule has 1 atom stereocenters. The summed E-state index contributed by atoms with van der Waals surface area (Å²) in [5.74, 6) is 0.629. The Labute approximate surface area is 223 Å². The van der Waals surface area contributed by atoms with E-state index in [-0.39, 0.29) is 11.9 Å². The van der Waals surface area contributed by atoms with Gasteiger partial charge in [-0.15, -0.1) is 0 Å². The lowest BCUT2D eigenvalue weighted by atomic mass is 9.88. The van der Waals surface area contributed by atoms with Crippen molar-refractivity contribution in [3.05, 3.63) is 102 Å². The van der Waals surface area contributed by atoms with Gasteiger partial charge in [-0.3, -0.25) is 0 Å². The van der Waals surface area contributed by atoms with E-state index in [9.17, 15) is 4.79 Å². The Bertz CT molecular complexity index is 1040. The number of nitrogens with zero attached hydrogens (tertiary/aromatic N) is 3. The molecule has 1 fully saturated rings. The molecule has 0 bridgehead atoms. The molecule has 1 aliphatic rings. The van der Waals surface area contributed by atoms with Crippen LogP contribution < -0.4 is 5.32 Å². The number of rotatable bonds is 10. The summed E-state index contributed by atoms with van der Waals surface area (Å²) in [6, 6.07) is 29.4. The number of aryl methyl sites for hydroxylation is 1. The summed E-state index contributed by atoms with van der Waals surface area (Å²) in [5.41, 5.74) is 4.61. The minimum atomic E-state index is -0.0195. The molecule has 0 saturated carbocycles. The summed E-state index contributed by atoms with van der Waals surface area (Å²) >= 11 is 0. The van der Waals surface area contributed by atoms with Gasteiger partial charge in [0.1, 0.15) is 0 Å². The predicted octanol–water partition coefficient (Wildman–Crippen LogP) is 5.93. The highest BCUT2D eigenvalue weighted by Gasteiger charge is 2.23. The third-order valence-corrected chi connectivity index (χ3v) is 7.38. The lowest BCUT2D eigenvalue weighted by Crippen LogP contribution is -2.47. The molecule has 0 spiro atoms. The van der Waals surface area contributed by atoms with Crippen molar-refractivity contribution < 1.29 is 4.79 Å². The highest BCUT2D eigenvalue weighted by atomic mass is 16.2. The number of hydrogen-bond donors (Lipinski definition) is 1. The molecule has 5 nitrogen and oxygen atoms in total. The van der Waals surface area contributed by atoms with Crippen molar-refractivity contribution in [3.63, 3.8) is 0 Å². The first-order chi connectivity index (χ1) is 18.0. The maximum atomic E-state index is 13.5. The summed E-state index contributed by atoms with van der Waals surface area (Å²) in [6.45, 7) is 11.2. The van der Waals surface area contributed by atoms with Crippen LogP contribution in [0.1, 0.15) is 36.0 Å². The van der Waals surface area contributed by atoms with Gasteiger partial charge in [0, 0.05) is 57.4 Å². The van der Waals surface area contributed by atoms with E-state index in [1.54, 1.807) is 0 Å². The molecule has 1 aliphatic heterocycles. The highest BCUT2D eigenvalue weighted by Crippen LogP contribution is 2.28. The largest absolute Gasteiger partial charge is 0.324 e. The van der Waals surface area contributed by atoms with Crippen LogP contribution in [0, 0.1) is 12.8 Å². The molecule has 3 aromatic carbocycles. The average molecular weight is 499 g/mol. The fourth-order valence-corrected chi connectivity index (χ4v) is 5.20. The number of urea groups is 1. The number of anilines is 1. The number of carbonyl (C=O) groups excluding carboxylic acids is 1. The van der Waals surface area contributed by atoms with Crippen LogP contribution in [0.2, 0.25) is 0 Å². The lowest BCUT2D eigenvalue weighted by molar-refractivity contribution is 0.128. The van der Waals surface area contributed by atoms with Gasteiger partial charge in [-0.05, 0) is 49.6 Å². The summed E-state index contributed by atoms with van der Waals surface area (Å²) in [6.07, 6.45) is 0.872. The highest BCUT2D eigenvalue weighted by molar-refractivity contribution is 5.89. The first-order valence-electron chi connectivity index (χ1n) is 13.6. The molecule has 4 rings (SSSR count). The van der Waals surface area contributed by atoms with Gasteiger partial charge < -0.3 is 20.0 Å². The van der Waals surface area contributed by atoms with E-state index in [0.717, 1.165) is 51.4 Å². The van der Waals surface area contributed by atoms with E-state index in [4.69, 9.17) is 0 Å². The topological polar surface area (TPSA) is 38.8 Å². The molecule has 0 aromatic heterocycles. The Hall–Kier alpha value is -3.15. The lowest BCUT2D eigenvalue weighted by Gasteiger charge is -2.35. The molecular weight excluding hydrogens is 456 g/mol. The van der Waals surface area contributed by atoms with Crippen LogP contribution >= 0.6 is 0 Å². The number of nitrogens with one attached hydrogen (secondary N) is 1. The van der Waals surface area contributed by atoms with Crippen molar-refractivity contribution >= 4 is 11.7 Å². The molecule has 2 amide bonds. The van der Waals surface area contributed by atoms with Gasteiger partial charge in [-0.25, -0.2) is 4.79 Å². The number of carbonyl (C=O) groups is 1. The fourth-order valence-electron chi connectivity index (χ4n) is 5.20.